The first-order valence-electron chi connectivity index (χ1n) is 7.21. The normalized spacial score (nSPS) is 29.1. The lowest BCUT2D eigenvalue weighted by Crippen LogP contribution is -2.33. The first kappa shape index (κ1) is 13.4. The highest BCUT2D eigenvalue weighted by atomic mass is 32.1. The van der Waals surface area contributed by atoms with Gasteiger partial charge in [0.15, 0.2) is 5.82 Å². The predicted octanol–water partition coefficient (Wildman–Crippen LogP) is 1.53. The standard InChI is InChI=1S/C14H18N4O2S/c1-10-16-12(20-17-10)4-14-8-18(5-11(14)7-19-9-14)6-13-15-2-3-21-13/h2-3,11H,4-9H2,1H3/t11-,14+/m0/s1. The second-order valence-corrected chi connectivity index (χ2v) is 7.06. The summed E-state index contributed by atoms with van der Waals surface area (Å²) in [5, 5.41) is 7.11. The number of hydrogen-bond donors (Lipinski definition) is 0. The molecular weight excluding hydrogens is 288 g/mol. The Labute approximate surface area is 127 Å². The molecule has 0 saturated carbocycles. The fourth-order valence-corrected chi connectivity index (χ4v) is 4.21. The van der Waals surface area contributed by atoms with E-state index in [-0.39, 0.29) is 5.41 Å². The van der Waals surface area contributed by atoms with Gasteiger partial charge in [0.05, 0.1) is 19.8 Å². The van der Waals surface area contributed by atoms with E-state index in [1.165, 1.54) is 5.01 Å². The van der Waals surface area contributed by atoms with E-state index < -0.39 is 0 Å². The van der Waals surface area contributed by atoms with Gasteiger partial charge in [0.1, 0.15) is 5.01 Å². The lowest BCUT2D eigenvalue weighted by molar-refractivity contribution is 0.122. The molecule has 2 fully saturated rings. The predicted molar refractivity (Wildman–Crippen MR) is 76.9 cm³/mol. The van der Waals surface area contributed by atoms with Crippen LogP contribution < -0.4 is 0 Å². The van der Waals surface area contributed by atoms with Gasteiger partial charge < -0.3 is 9.26 Å². The Bertz CT molecular complexity index is 614. The number of aryl methyl sites for hydroxylation is 1. The molecular formula is C14H18N4O2S. The van der Waals surface area contributed by atoms with Gasteiger partial charge >= 0.3 is 0 Å². The number of nitrogens with zero attached hydrogens (tertiary/aromatic N) is 4. The molecule has 4 heterocycles. The molecule has 2 aliphatic rings. The molecule has 2 saturated heterocycles. The molecule has 0 N–H and O–H groups in total. The minimum Gasteiger partial charge on any atom is -0.380 e. The third-order valence-corrected chi connectivity index (χ3v) is 5.27. The van der Waals surface area contributed by atoms with Crippen molar-refractivity contribution in [1.82, 2.24) is 20.0 Å². The quantitative estimate of drug-likeness (QED) is 0.853. The van der Waals surface area contributed by atoms with Gasteiger partial charge in [0.2, 0.25) is 5.89 Å². The molecule has 0 bridgehead atoms. The molecule has 6 nitrogen and oxygen atoms in total. The maximum Gasteiger partial charge on any atom is 0.227 e. The molecule has 2 aliphatic heterocycles. The summed E-state index contributed by atoms with van der Waals surface area (Å²) in [7, 11) is 0. The van der Waals surface area contributed by atoms with E-state index in [0.29, 0.717) is 11.7 Å². The summed E-state index contributed by atoms with van der Waals surface area (Å²) >= 11 is 1.72. The van der Waals surface area contributed by atoms with Crippen molar-refractivity contribution in [2.45, 2.75) is 19.9 Å². The average Bonchev–Trinajstić information content (AvgIpc) is 3.16. The van der Waals surface area contributed by atoms with Crippen LogP contribution in [0.4, 0.5) is 0 Å². The van der Waals surface area contributed by atoms with Crippen LogP contribution in [0, 0.1) is 18.3 Å². The average molecular weight is 306 g/mol. The van der Waals surface area contributed by atoms with Gasteiger partial charge in [-0.1, -0.05) is 5.16 Å². The first-order valence-corrected chi connectivity index (χ1v) is 8.09. The molecule has 2 atom stereocenters. The Balaban J connectivity index is 1.50. The van der Waals surface area contributed by atoms with Crippen molar-refractivity contribution in [1.29, 1.82) is 0 Å². The van der Waals surface area contributed by atoms with Crippen molar-refractivity contribution in [2.75, 3.05) is 26.3 Å². The maximum atomic E-state index is 5.75. The number of rotatable bonds is 4. The SMILES string of the molecule is Cc1noc(C[C@@]23COC[C@@H]2CN(Cc2nccs2)C3)n1. The molecule has 7 heteroatoms. The van der Waals surface area contributed by atoms with Crippen LogP contribution in [0.3, 0.4) is 0 Å². The summed E-state index contributed by atoms with van der Waals surface area (Å²) in [5.41, 5.74) is 0.121. The van der Waals surface area contributed by atoms with Crippen LogP contribution in [-0.2, 0) is 17.7 Å². The Morgan fingerprint density at radius 3 is 3.24 bits per heavy atom. The maximum absolute atomic E-state index is 5.75. The van der Waals surface area contributed by atoms with Gasteiger partial charge in [0.25, 0.3) is 0 Å². The first-order chi connectivity index (χ1) is 10.2. The molecule has 0 radical (unpaired) electrons. The summed E-state index contributed by atoms with van der Waals surface area (Å²) in [6, 6.07) is 0. The fraction of sp³-hybridized carbons (Fsp3) is 0.643. The van der Waals surface area contributed by atoms with Gasteiger partial charge in [-0.05, 0) is 6.92 Å². The monoisotopic (exact) mass is 306 g/mol. The number of fused-ring (bicyclic) bond motifs is 1. The molecule has 21 heavy (non-hydrogen) atoms. The number of aromatic nitrogens is 3. The third kappa shape index (κ3) is 2.49. The summed E-state index contributed by atoms with van der Waals surface area (Å²) in [6.07, 6.45) is 2.68. The zero-order chi connectivity index (χ0) is 14.3. The van der Waals surface area contributed by atoms with Crippen LogP contribution in [0.2, 0.25) is 0 Å². The number of likely N-dealkylation sites (tertiary alicyclic amines) is 1. The Morgan fingerprint density at radius 2 is 2.48 bits per heavy atom. The fourth-order valence-electron chi connectivity index (χ4n) is 3.55. The molecule has 2 aromatic rings. The van der Waals surface area contributed by atoms with Crippen molar-refractivity contribution in [3.63, 3.8) is 0 Å². The molecule has 2 aromatic heterocycles. The van der Waals surface area contributed by atoms with Gasteiger partial charge in [-0.25, -0.2) is 4.98 Å². The molecule has 0 amide bonds. The molecule has 0 unspecified atom stereocenters. The topological polar surface area (TPSA) is 64.3 Å². The van der Waals surface area contributed by atoms with Crippen LogP contribution in [-0.4, -0.2) is 46.3 Å². The number of hydrogen-bond acceptors (Lipinski definition) is 7. The van der Waals surface area contributed by atoms with Gasteiger partial charge in [-0.3, -0.25) is 4.90 Å². The minimum atomic E-state index is 0.121. The zero-order valence-corrected chi connectivity index (χ0v) is 12.8. The highest BCUT2D eigenvalue weighted by Gasteiger charge is 2.51. The Morgan fingerprint density at radius 1 is 1.52 bits per heavy atom. The molecule has 0 aliphatic carbocycles. The van der Waals surface area contributed by atoms with E-state index in [1.54, 1.807) is 11.3 Å². The highest BCUT2D eigenvalue weighted by Crippen LogP contribution is 2.44. The van der Waals surface area contributed by atoms with Crippen molar-refractivity contribution >= 4 is 11.3 Å². The highest BCUT2D eigenvalue weighted by molar-refractivity contribution is 7.09. The van der Waals surface area contributed by atoms with Crippen molar-refractivity contribution < 1.29 is 9.26 Å². The Hall–Kier alpha value is -1.31. The van der Waals surface area contributed by atoms with Gasteiger partial charge in [0, 0.05) is 42.4 Å². The minimum absolute atomic E-state index is 0.121. The summed E-state index contributed by atoms with van der Waals surface area (Å²) in [4.78, 5) is 11.2. The van der Waals surface area contributed by atoms with E-state index >= 15 is 0 Å². The van der Waals surface area contributed by atoms with E-state index in [0.717, 1.165) is 45.2 Å². The van der Waals surface area contributed by atoms with Gasteiger partial charge in [-0.15, -0.1) is 11.3 Å². The zero-order valence-electron chi connectivity index (χ0n) is 12.0. The van der Waals surface area contributed by atoms with E-state index in [1.807, 2.05) is 18.5 Å². The van der Waals surface area contributed by atoms with Crippen molar-refractivity contribution in [2.24, 2.45) is 11.3 Å². The number of ether oxygens (including phenoxy) is 1. The van der Waals surface area contributed by atoms with Crippen LogP contribution in [0.25, 0.3) is 0 Å². The lowest BCUT2D eigenvalue weighted by atomic mass is 9.78. The van der Waals surface area contributed by atoms with Crippen molar-refractivity contribution in [3.05, 3.63) is 28.3 Å². The smallest absolute Gasteiger partial charge is 0.227 e. The second-order valence-electron chi connectivity index (χ2n) is 6.08. The lowest BCUT2D eigenvalue weighted by Gasteiger charge is -2.25. The molecule has 0 spiro atoms. The Kier molecular flexibility index (Phi) is 3.28. The molecule has 0 aromatic carbocycles. The summed E-state index contributed by atoms with van der Waals surface area (Å²) < 4.78 is 11.1. The summed E-state index contributed by atoms with van der Waals surface area (Å²) in [6.45, 7) is 6.48. The van der Waals surface area contributed by atoms with Gasteiger partial charge in [-0.2, -0.15) is 4.98 Å². The van der Waals surface area contributed by atoms with E-state index in [4.69, 9.17) is 9.26 Å². The third-order valence-electron chi connectivity index (χ3n) is 4.51. The molecule has 4 rings (SSSR count). The second kappa shape index (κ2) is 5.15. The van der Waals surface area contributed by atoms with E-state index in [9.17, 15) is 0 Å². The van der Waals surface area contributed by atoms with Crippen LogP contribution in [0.5, 0.6) is 0 Å². The van der Waals surface area contributed by atoms with Crippen LogP contribution in [0.15, 0.2) is 16.1 Å². The van der Waals surface area contributed by atoms with Crippen molar-refractivity contribution in [3.8, 4) is 0 Å². The summed E-state index contributed by atoms with van der Waals surface area (Å²) in [5.74, 6) is 1.98. The van der Waals surface area contributed by atoms with E-state index in [2.05, 4.69) is 20.0 Å². The van der Waals surface area contributed by atoms with Crippen LogP contribution >= 0.6 is 11.3 Å². The van der Waals surface area contributed by atoms with Crippen LogP contribution in [0.1, 0.15) is 16.7 Å². The number of thiazole rings is 1. The molecule has 112 valence electrons. The largest absolute Gasteiger partial charge is 0.380 e.